The summed E-state index contributed by atoms with van der Waals surface area (Å²) in [5.41, 5.74) is 0.0297. The highest BCUT2D eigenvalue weighted by molar-refractivity contribution is 4.87. The lowest BCUT2D eigenvalue weighted by Crippen LogP contribution is -2.47. The van der Waals surface area contributed by atoms with E-state index in [1.54, 1.807) is 0 Å². The summed E-state index contributed by atoms with van der Waals surface area (Å²) in [5.74, 6) is 0. The summed E-state index contributed by atoms with van der Waals surface area (Å²) in [5, 5.41) is 0. The van der Waals surface area contributed by atoms with Gasteiger partial charge in [-0.25, -0.2) is 0 Å². The van der Waals surface area contributed by atoms with Crippen LogP contribution in [0.1, 0.15) is 33.6 Å². The maximum absolute atomic E-state index is 5.83. The molecule has 0 aromatic carbocycles. The molecule has 1 saturated carbocycles. The molecule has 0 amide bonds. The number of nitrogens with zero attached hydrogens (tertiary/aromatic N) is 1. The van der Waals surface area contributed by atoms with Crippen molar-refractivity contribution < 1.29 is 4.74 Å². The Hall–Kier alpha value is -0.0800. The van der Waals surface area contributed by atoms with Gasteiger partial charge in [-0.15, -0.1) is 0 Å². The van der Waals surface area contributed by atoms with Gasteiger partial charge in [0.05, 0.1) is 11.7 Å². The van der Waals surface area contributed by atoms with Crippen LogP contribution in [-0.4, -0.2) is 36.7 Å². The third-order valence-corrected chi connectivity index (χ3v) is 2.32. The molecule has 0 aromatic heterocycles. The van der Waals surface area contributed by atoms with Crippen LogP contribution in [0.2, 0.25) is 0 Å². The Labute approximate surface area is 75.9 Å². The molecule has 0 aromatic rings. The van der Waals surface area contributed by atoms with Crippen molar-refractivity contribution in [2.75, 3.05) is 14.1 Å². The minimum atomic E-state index is 0.0297. The molecule has 0 radical (unpaired) electrons. The smallest absolute Gasteiger partial charge is 0.0612 e. The lowest BCUT2D eigenvalue weighted by Gasteiger charge is -2.42. The minimum absolute atomic E-state index is 0.0297. The zero-order chi connectivity index (χ0) is 9.35. The molecule has 1 rings (SSSR count). The second-order valence-electron chi connectivity index (χ2n) is 4.94. The summed E-state index contributed by atoms with van der Waals surface area (Å²) in [6.07, 6.45) is 2.89. The third kappa shape index (κ3) is 2.76. The lowest BCUT2D eigenvalue weighted by atomic mass is 9.88. The lowest BCUT2D eigenvalue weighted by molar-refractivity contribution is -0.115. The highest BCUT2D eigenvalue weighted by atomic mass is 16.5. The van der Waals surface area contributed by atoms with Crippen LogP contribution < -0.4 is 0 Å². The molecule has 1 fully saturated rings. The van der Waals surface area contributed by atoms with Crippen molar-refractivity contribution in [1.29, 1.82) is 0 Å². The van der Waals surface area contributed by atoms with E-state index in [1.165, 1.54) is 12.8 Å². The Morgan fingerprint density at radius 1 is 1.17 bits per heavy atom. The topological polar surface area (TPSA) is 12.5 Å². The Morgan fingerprint density at radius 3 is 2.00 bits per heavy atom. The van der Waals surface area contributed by atoms with E-state index in [0.717, 1.165) is 6.04 Å². The van der Waals surface area contributed by atoms with Gasteiger partial charge >= 0.3 is 0 Å². The molecular formula is C10H21NO. The second kappa shape index (κ2) is 3.35. The SMILES string of the molecule is CN(C)[C@H]1C[C@@H](OC(C)(C)C)C1. The molecule has 0 aliphatic heterocycles. The van der Waals surface area contributed by atoms with E-state index in [4.69, 9.17) is 4.74 Å². The van der Waals surface area contributed by atoms with E-state index in [9.17, 15) is 0 Å². The van der Waals surface area contributed by atoms with Crippen molar-refractivity contribution in [3.8, 4) is 0 Å². The number of hydrogen-bond acceptors (Lipinski definition) is 2. The van der Waals surface area contributed by atoms with Crippen LogP contribution in [0, 0.1) is 0 Å². The molecule has 72 valence electrons. The van der Waals surface area contributed by atoms with Crippen molar-refractivity contribution >= 4 is 0 Å². The molecule has 0 spiro atoms. The van der Waals surface area contributed by atoms with Gasteiger partial charge in [-0.1, -0.05) is 0 Å². The second-order valence-corrected chi connectivity index (χ2v) is 4.94. The fourth-order valence-corrected chi connectivity index (χ4v) is 1.56. The molecule has 0 unspecified atom stereocenters. The van der Waals surface area contributed by atoms with E-state index in [1.807, 2.05) is 0 Å². The maximum atomic E-state index is 5.83. The Bertz CT molecular complexity index is 142. The van der Waals surface area contributed by atoms with Gasteiger partial charge in [-0.3, -0.25) is 0 Å². The molecule has 0 bridgehead atoms. The van der Waals surface area contributed by atoms with Crippen molar-refractivity contribution in [2.45, 2.75) is 51.4 Å². The van der Waals surface area contributed by atoms with Gasteiger partial charge in [0.15, 0.2) is 0 Å². The number of hydrogen-bond donors (Lipinski definition) is 0. The molecule has 2 nitrogen and oxygen atoms in total. The Kier molecular flexibility index (Phi) is 2.79. The van der Waals surface area contributed by atoms with E-state index < -0.39 is 0 Å². The minimum Gasteiger partial charge on any atom is -0.373 e. The normalized spacial score (nSPS) is 30.5. The summed E-state index contributed by atoms with van der Waals surface area (Å²) in [7, 11) is 4.27. The van der Waals surface area contributed by atoms with Gasteiger partial charge in [-0.2, -0.15) is 0 Å². The first-order valence-electron chi connectivity index (χ1n) is 4.73. The van der Waals surface area contributed by atoms with Gasteiger partial charge in [0, 0.05) is 6.04 Å². The summed E-state index contributed by atoms with van der Waals surface area (Å²) in [6.45, 7) is 6.36. The molecule has 0 N–H and O–H groups in total. The summed E-state index contributed by atoms with van der Waals surface area (Å²) < 4.78 is 5.83. The van der Waals surface area contributed by atoms with Crippen molar-refractivity contribution in [3.63, 3.8) is 0 Å². The van der Waals surface area contributed by atoms with Crippen LogP contribution in [0.25, 0.3) is 0 Å². The van der Waals surface area contributed by atoms with Crippen molar-refractivity contribution in [3.05, 3.63) is 0 Å². The number of rotatable bonds is 2. The molecule has 1 aliphatic rings. The maximum Gasteiger partial charge on any atom is 0.0612 e. The molecule has 0 heterocycles. The molecule has 12 heavy (non-hydrogen) atoms. The molecule has 0 saturated heterocycles. The number of ether oxygens (including phenoxy) is 1. The van der Waals surface area contributed by atoms with Crippen LogP contribution in [-0.2, 0) is 4.74 Å². The average molecular weight is 171 g/mol. The van der Waals surface area contributed by atoms with Crippen LogP contribution in [0.5, 0.6) is 0 Å². The molecular weight excluding hydrogens is 150 g/mol. The van der Waals surface area contributed by atoms with E-state index in [2.05, 4.69) is 39.8 Å². The van der Waals surface area contributed by atoms with Crippen molar-refractivity contribution in [1.82, 2.24) is 4.90 Å². The first-order valence-corrected chi connectivity index (χ1v) is 4.73. The standard InChI is InChI=1S/C10H21NO/c1-10(2,3)12-9-6-8(7-9)11(4)5/h8-9H,6-7H2,1-5H3/t8-,9+. The monoisotopic (exact) mass is 171 g/mol. The zero-order valence-corrected chi connectivity index (χ0v) is 8.92. The van der Waals surface area contributed by atoms with Gasteiger partial charge in [-0.05, 0) is 47.7 Å². The van der Waals surface area contributed by atoms with Crippen molar-refractivity contribution in [2.24, 2.45) is 0 Å². The molecule has 0 atom stereocenters. The van der Waals surface area contributed by atoms with E-state index in [-0.39, 0.29) is 5.60 Å². The van der Waals surface area contributed by atoms with Gasteiger partial charge in [0.1, 0.15) is 0 Å². The van der Waals surface area contributed by atoms with E-state index in [0.29, 0.717) is 6.10 Å². The highest BCUT2D eigenvalue weighted by Crippen LogP contribution is 2.29. The van der Waals surface area contributed by atoms with Crippen LogP contribution >= 0.6 is 0 Å². The predicted molar refractivity (Wildman–Crippen MR) is 51.3 cm³/mol. The zero-order valence-electron chi connectivity index (χ0n) is 8.92. The third-order valence-electron chi connectivity index (χ3n) is 2.32. The van der Waals surface area contributed by atoms with Gasteiger partial charge in [0.2, 0.25) is 0 Å². The first-order chi connectivity index (χ1) is 5.38. The Balaban J connectivity index is 2.18. The summed E-state index contributed by atoms with van der Waals surface area (Å²) in [4.78, 5) is 2.28. The fourth-order valence-electron chi connectivity index (χ4n) is 1.56. The van der Waals surface area contributed by atoms with Crippen LogP contribution in [0.4, 0.5) is 0 Å². The highest BCUT2D eigenvalue weighted by Gasteiger charge is 2.33. The van der Waals surface area contributed by atoms with Crippen LogP contribution in [0.3, 0.4) is 0 Å². The van der Waals surface area contributed by atoms with Gasteiger partial charge < -0.3 is 9.64 Å². The summed E-state index contributed by atoms with van der Waals surface area (Å²) >= 11 is 0. The Morgan fingerprint density at radius 2 is 1.67 bits per heavy atom. The first kappa shape index (κ1) is 10.0. The predicted octanol–water partition coefficient (Wildman–Crippen LogP) is 1.89. The quantitative estimate of drug-likeness (QED) is 0.629. The fraction of sp³-hybridized carbons (Fsp3) is 1.00. The largest absolute Gasteiger partial charge is 0.373 e. The van der Waals surface area contributed by atoms with E-state index >= 15 is 0 Å². The molecule has 1 aliphatic carbocycles. The molecule has 2 heteroatoms. The summed E-state index contributed by atoms with van der Waals surface area (Å²) in [6, 6.07) is 0.748. The average Bonchev–Trinajstić information content (AvgIpc) is 1.74. The van der Waals surface area contributed by atoms with Crippen LogP contribution in [0.15, 0.2) is 0 Å². The van der Waals surface area contributed by atoms with Gasteiger partial charge in [0.25, 0.3) is 0 Å².